The van der Waals surface area contributed by atoms with Crippen molar-refractivity contribution in [3.63, 3.8) is 0 Å². The number of hydrogen-bond acceptors (Lipinski definition) is 6. The first-order valence-corrected chi connectivity index (χ1v) is 12.1. The molecule has 1 aliphatic rings. The molecule has 3 rings (SSSR count). The van der Waals surface area contributed by atoms with E-state index in [2.05, 4.69) is 34.5 Å². The van der Waals surface area contributed by atoms with Crippen molar-refractivity contribution in [3.8, 4) is 0 Å². The van der Waals surface area contributed by atoms with E-state index in [1.807, 2.05) is 6.07 Å². The van der Waals surface area contributed by atoms with E-state index in [0.29, 0.717) is 18.8 Å². The van der Waals surface area contributed by atoms with Crippen LogP contribution in [0.5, 0.6) is 0 Å². The Labute approximate surface area is 198 Å². The average Bonchev–Trinajstić information content (AvgIpc) is 2.80. The van der Waals surface area contributed by atoms with Gasteiger partial charge in [0.15, 0.2) is 0 Å². The highest BCUT2D eigenvalue weighted by atomic mass is 32.2. The molecule has 184 valence electrons. The summed E-state index contributed by atoms with van der Waals surface area (Å²) in [5, 5.41) is 17.4. The summed E-state index contributed by atoms with van der Waals surface area (Å²) in [7, 11) is -3.50. The van der Waals surface area contributed by atoms with Crippen molar-refractivity contribution in [2.75, 3.05) is 38.0 Å². The summed E-state index contributed by atoms with van der Waals surface area (Å²) in [6.45, 7) is 4.90. The molecular formula is C23H29N3O7S. The van der Waals surface area contributed by atoms with E-state index in [0.717, 1.165) is 32.5 Å². The molecular weight excluding hydrogens is 462 g/mol. The Balaban J connectivity index is 0.000000604. The normalized spacial score (nSPS) is 14.5. The zero-order valence-electron chi connectivity index (χ0n) is 18.9. The maximum atomic E-state index is 12.8. The third kappa shape index (κ3) is 8.58. The molecule has 0 aliphatic carbocycles. The molecule has 2 aromatic carbocycles. The molecule has 1 saturated heterocycles. The topological polar surface area (TPSA) is 144 Å². The van der Waals surface area contributed by atoms with E-state index in [9.17, 15) is 13.2 Å². The van der Waals surface area contributed by atoms with Crippen LogP contribution in [0.3, 0.4) is 0 Å². The van der Waals surface area contributed by atoms with Gasteiger partial charge in [0.05, 0.1) is 4.90 Å². The predicted molar refractivity (Wildman–Crippen MR) is 126 cm³/mol. The molecule has 0 saturated carbocycles. The van der Waals surface area contributed by atoms with Gasteiger partial charge in [-0.15, -0.1) is 0 Å². The van der Waals surface area contributed by atoms with Crippen molar-refractivity contribution in [2.45, 2.75) is 24.7 Å². The molecule has 1 heterocycles. The highest BCUT2D eigenvalue weighted by Crippen LogP contribution is 2.20. The Morgan fingerprint density at radius 1 is 0.882 bits per heavy atom. The number of sulfonamides is 1. The van der Waals surface area contributed by atoms with Crippen molar-refractivity contribution in [2.24, 2.45) is 0 Å². The number of carbonyl (C=O) groups excluding carboxylic acids is 1. The number of carboxylic acids is 2. The van der Waals surface area contributed by atoms with Crippen LogP contribution in [0.4, 0.5) is 5.69 Å². The van der Waals surface area contributed by atoms with Crippen LogP contribution in [0.25, 0.3) is 0 Å². The number of rotatable bonds is 7. The fourth-order valence-electron chi connectivity index (χ4n) is 3.41. The quantitative estimate of drug-likeness (QED) is 0.497. The van der Waals surface area contributed by atoms with Gasteiger partial charge in [-0.1, -0.05) is 30.3 Å². The molecule has 1 fully saturated rings. The number of amides is 1. The van der Waals surface area contributed by atoms with Gasteiger partial charge in [0.2, 0.25) is 15.9 Å². The van der Waals surface area contributed by atoms with Crippen LogP contribution in [0.1, 0.15) is 18.9 Å². The van der Waals surface area contributed by atoms with Gasteiger partial charge in [0, 0.05) is 38.8 Å². The number of nitrogens with zero attached hydrogens (tertiary/aromatic N) is 2. The van der Waals surface area contributed by atoms with Gasteiger partial charge in [0.25, 0.3) is 0 Å². The molecule has 0 aromatic heterocycles. The van der Waals surface area contributed by atoms with Crippen LogP contribution in [-0.2, 0) is 30.8 Å². The van der Waals surface area contributed by atoms with Crippen molar-refractivity contribution in [1.82, 2.24) is 9.21 Å². The second-order valence-corrected chi connectivity index (χ2v) is 9.59. The maximum Gasteiger partial charge on any atom is 0.414 e. The van der Waals surface area contributed by atoms with Crippen molar-refractivity contribution in [1.29, 1.82) is 0 Å². The molecule has 11 heteroatoms. The minimum Gasteiger partial charge on any atom is -0.473 e. The second kappa shape index (κ2) is 12.8. The number of aryl methyl sites for hydroxylation is 1. The number of benzene rings is 2. The van der Waals surface area contributed by atoms with Crippen molar-refractivity contribution >= 4 is 33.6 Å². The highest BCUT2D eigenvalue weighted by molar-refractivity contribution is 7.89. The number of carboxylic acid groups (broad SMARTS) is 2. The molecule has 10 nitrogen and oxygen atoms in total. The Hall–Kier alpha value is -3.28. The molecule has 0 bridgehead atoms. The lowest BCUT2D eigenvalue weighted by Gasteiger charge is -2.34. The van der Waals surface area contributed by atoms with E-state index in [-0.39, 0.29) is 10.8 Å². The van der Waals surface area contributed by atoms with Gasteiger partial charge < -0.3 is 20.4 Å². The summed E-state index contributed by atoms with van der Waals surface area (Å²) < 4.78 is 27.2. The van der Waals surface area contributed by atoms with Crippen LogP contribution >= 0.6 is 0 Å². The molecule has 0 spiro atoms. The summed E-state index contributed by atoms with van der Waals surface area (Å²) in [5.41, 5.74) is 1.93. The summed E-state index contributed by atoms with van der Waals surface area (Å²) >= 11 is 0. The third-order valence-electron chi connectivity index (χ3n) is 5.11. The number of aliphatic carboxylic acids is 2. The maximum absolute atomic E-state index is 12.8. The predicted octanol–water partition coefficient (Wildman–Crippen LogP) is 1.74. The summed E-state index contributed by atoms with van der Waals surface area (Å²) in [6, 6.07) is 16.8. The fraction of sp³-hybridized carbons (Fsp3) is 0.348. The summed E-state index contributed by atoms with van der Waals surface area (Å²) in [4.78, 5) is 31.9. The van der Waals surface area contributed by atoms with Crippen LogP contribution in [-0.4, -0.2) is 78.4 Å². The first-order valence-electron chi connectivity index (χ1n) is 10.7. The van der Waals surface area contributed by atoms with Crippen LogP contribution in [0.15, 0.2) is 59.5 Å². The molecule has 3 N–H and O–H groups in total. The largest absolute Gasteiger partial charge is 0.473 e. The van der Waals surface area contributed by atoms with E-state index in [1.165, 1.54) is 12.5 Å². The number of piperazine rings is 1. The zero-order chi connectivity index (χ0) is 25.1. The summed E-state index contributed by atoms with van der Waals surface area (Å²) in [6.07, 6.45) is 2.11. The minimum atomic E-state index is -3.50. The number of hydrogen-bond donors (Lipinski definition) is 3. The first-order chi connectivity index (χ1) is 16.1. The molecule has 1 aliphatic heterocycles. The van der Waals surface area contributed by atoms with Gasteiger partial charge >= 0.3 is 11.9 Å². The Morgan fingerprint density at radius 3 is 1.94 bits per heavy atom. The number of carbonyl (C=O) groups is 3. The Bertz CT molecular complexity index is 1050. The van der Waals surface area contributed by atoms with Crippen LogP contribution < -0.4 is 5.32 Å². The average molecular weight is 492 g/mol. The minimum absolute atomic E-state index is 0.181. The van der Waals surface area contributed by atoms with E-state index in [1.54, 1.807) is 28.6 Å². The van der Waals surface area contributed by atoms with Crippen molar-refractivity contribution in [3.05, 3.63) is 60.2 Å². The second-order valence-electron chi connectivity index (χ2n) is 7.65. The fourth-order valence-corrected chi connectivity index (χ4v) is 4.83. The molecule has 1 amide bonds. The van der Waals surface area contributed by atoms with Crippen LogP contribution in [0, 0.1) is 0 Å². The molecule has 34 heavy (non-hydrogen) atoms. The van der Waals surface area contributed by atoms with Crippen LogP contribution in [0.2, 0.25) is 0 Å². The van der Waals surface area contributed by atoms with Gasteiger partial charge in [0.1, 0.15) is 0 Å². The summed E-state index contributed by atoms with van der Waals surface area (Å²) in [5.74, 6) is -3.83. The molecule has 2 aromatic rings. The van der Waals surface area contributed by atoms with E-state index in [4.69, 9.17) is 19.8 Å². The molecule has 0 radical (unpaired) electrons. The Morgan fingerprint density at radius 2 is 1.44 bits per heavy atom. The standard InChI is InChI=1S/C21H27N3O3S.C2H2O4/c1-18(25)22-20-9-11-21(12-10-20)28(26,27)24-16-14-23(15-17-24)13-5-8-19-6-3-2-4-7-19;3-1(4)2(5)6/h2-4,6-7,9-12H,5,8,13-17H2,1H3,(H,22,25);(H,3,4)(H,5,6). The van der Waals surface area contributed by atoms with Crippen molar-refractivity contribution < 1.29 is 33.0 Å². The molecule has 0 unspecified atom stereocenters. The zero-order valence-corrected chi connectivity index (χ0v) is 19.7. The first kappa shape index (κ1) is 27.0. The monoisotopic (exact) mass is 491 g/mol. The van der Waals surface area contributed by atoms with E-state index < -0.39 is 22.0 Å². The van der Waals surface area contributed by atoms with E-state index >= 15 is 0 Å². The Kier molecular flexibility index (Phi) is 10.2. The molecule has 0 atom stereocenters. The SMILES string of the molecule is CC(=O)Nc1ccc(S(=O)(=O)N2CCN(CCCc3ccccc3)CC2)cc1.O=C(O)C(=O)O. The number of anilines is 1. The third-order valence-corrected chi connectivity index (χ3v) is 7.02. The van der Waals surface area contributed by atoms with Gasteiger partial charge in [-0.25, -0.2) is 18.0 Å². The lowest BCUT2D eigenvalue weighted by Crippen LogP contribution is -2.48. The smallest absolute Gasteiger partial charge is 0.414 e. The lowest BCUT2D eigenvalue weighted by atomic mass is 10.1. The lowest BCUT2D eigenvalue weighted by molar-refractivity contribution is -0.159. The van der Waals surface area contributed by atoms with Gasteiger partial charge in [-0.2, -0.15) is 4.31 Å². The highest BCUT2D eigenvalue weighted by Gasteiger charge is 2.28. The van der Waals surface area contributed by atoms with Gasteiger partial charge in [-0.3, -0.25) is 4.79 Å². The number of nitrogens with one attached hydrogen (secondary N) is 1. The van der Waals surface area contributed by atoms with Gasteiger partial charge in [-0.05, 0) is 49.2 Å².